The van der Waals surface area contributed by atoms with Crippen molar-refractivity contribution in [2.24, 2.45) is 0 Å². The monoisotopic (exact) mass is 332 g/mol. The third-order valence-electron chi connectivity index (χ3n) is 3.50. The number of rotatable bonds is 6. The highest BCUT2D eigenvalue weighted by Crippen LogP contribution is 2.12. The van der Waals surface area contributed by atoms with Crippen LogP contribution in [0.25, 0.3) is 0 Å². The van der Waals surface area contributed by atoms with Crippen LogP contribution >= 0.6 is 0 Å². The Kier molecular flexibility index (Phi) is 6.01. The van der Waals surface area contributed by atoms with Gasteiger partial charge in [-0.1, -0.05) is 18.2 Å². The van der Waals surface area contributed by atoms with Crippen LogP contribution in [0.4, 0.5) is 14.5 Å². The van der Waals surface area contributed by atoms with Crippen molar-refractivity contribution in [3.05, 3.63) is 65.7 Å². The number of halogens is 2. The number of benzene rings is 2. The van der Waals surface area contributed by atoms with Gasteiger partial charge in [0, 0.05) is 37.7 Å². The lowest BCUT2D eigenvalue weighted by Crippen LogP contribution is -2.31. The minimum atomic E-state index is -0.389. The van der Waals surface area contributed by atoms with Gasteiger partial charge >= 0.3 is 0 Å². The standard InChI is InChI=1S/C18H18F2N2O2/c1-13(23)22(12-14-4-2-3-5-17(14)20)11-10-18(24)21-16-8-6-15(19)7-9-16/h2-9H,10-12H2,1H3,(H,21,24). The van der Waals surface area contributed by atoms with Crippen molar-refractivity contribution in [1.82, 2.24) is 4.90 Å². The van der Waals surface area contributed by atoms with Crippen LogP contribution in [0.15, 0.2) is 48.5 Å². The summed E-state index contributed by atoms with van der Waals surface area (Å²) < 4.78 is 26.5. The molecule has 0 bridgehead atoms. The number of anilines is 1. The zero-order chi connectivity index (χ0) is 17.5. The highest BCUT2D eigenvalue weighted by molar-refractivity contribution is 5.91. The second-order valence-corrected chi connectivity index (χ2v) is 5.34. The normalized spacial score (nSPS) is 10.3. The summed E-state index contributed by atoms with van der Waals surface area (Å²) in [6.07, 6.45) is 0.0609. The molecule has 0 aromatic heterocycles. The molecule has 2 aromatic rings. The van der Waals surface area contributed by atoms with Crippen molar-refractivity contribution in [2.75, 3.05) is 11.9 Å². The fourth-order valence-corrected chi connectivity index (χ4v) is 2.17. The number of amides is 2. The highest BCUT2D eigenvalue weighted by Gasteiger charge is 2.14. The van der Waals surface area contributed by atoms with Crippen molar-refractivity contribution in [3.63, 3.8) is 0 Å². The number of nitrogens with zero attached hydrogens (tertiary/aromatic N) is 1. The maximum atomic E-state index is 13.7. The highest BCUT2D eigenvalue weighted by atomic mass is 19.1. The van der Waals surface area contributed by atoms with Gasteiger partial charge in [-0.3, -0.25) is 9.59 Å². The Bertz CT molecular complexity index is 717. The van der Waals surface area contributed by atoms with E-state index in [0.717, 1.165) is 0 Å². The van der Waals surface area contributed by atoms with Crippen LogP contribution in [0.3, 0.4) is 0 Å². The number of carbonyl (C=O) groups is 2. The summed E-state index contributed by atoms with van der Waals surface area (Å²) in [6.45, 7) is 1.64. The van der Waals surface area contributed by atoms with Crippen LogP contribution in [0.2, 0.25) is 0 Å². The Morgan fingerprint density at radius 3 is 2.33 bits per heavy atom. The van der Waals surface area contributed by atoms with Crippen molar-refractivity contribution in [2.45, 2.75) is 19.9 Å². The maximum absolute atomic E-state index is 13.7. The first-order valence-corrected chi connectivity index (χ1v) is 7.50. The maximum Gasteiger partial charge on any atom is 0.226 e. The average Bonchev–Trinajstić information content (AvgIpc) is 2.55. The minimum Gasteiger partial charge on any atom is -0.338 e. The van der Waals surface area contributed by atoms with Gasteiger partial charge < -0.3 is 10.2 Å². The molecule has 0 unspecified atom stereocenters. The van der Waals surface area contributed by atoms with Gasteiger partial charge in [-0.15, -0.1) is 0 Å². The quantitative estimate of drug-likeness (QED) is 0.882. The summed E-state index contributed by atoms with van der Waals surface area (Å²) in [6, 6.07) is 11.6. The summed E-state index contributed by atoms with van der Waals surface area (Å²) in [4.78, 5) is 25.0. The molecule has 0 atom stereocenters. The molecule has 0 aliphatic heterocycles. The van der Waals surface area contributed by atoms with E-state index in [1.165, 1.54) is 42.2 Å². The number of carbonyl (C=O) groups excluding carboxylic acids is 2. The molecule has 0 radical (unpaired) electrons. The molecule has 24 heavy (non-hydrogen) atoms. The number of hydrogen-bond donors (Lipinski definition) is 1. The summed E-state index contributed by atoms with van der Waals surface area (Å²) in [7, 11) is 0. The Balaban J connectivity index is 1.91. The van der Waals surface area contributed by atoms with Crippen LogP contribution in [0.5, 0.6) is 0 Å². The first-order chi connectivity index (χ1) is 11.5. The molecule has 0 saturated heterocycles. The van der Waals surface area contributed by atoms with Crippen LogP contribution < -0.4 is 5.32 Å². The lowest BCUT2D eigenvalue weighted by molar-refractivity contribution is -0.130. The van der Waals surface area contributed by atoms with Crippen molar-refractivity contribution in [3.8, 4) is 0 Å². The van der Waals surface area contributed by atoms with E-state index < -0.39 is 0 Å². The largest absolute Gasteiger partial charge is 0.338 e. The molecule has 0 fully saturated rings. The summed E-state index contributed by atoms with van der Waals surface area (Å²) >= 11 is 0. The molecule has 126 valence electrons. The molecule has 0 aliphatic rings. The van der Waals surface area contributed by atoms with E-state index in [4.69, 9.17) is 0 Å². The minimum absolute atomic E-state index is 0.0609. The van der Waals surface area contributed by atoms with Crippen LogP contribution in [-0.2, 0) is 16.1 Å². The summed E-state index contributed by atoms with van der Waals surface area (Å²) in [5.41, 5.74) is 0.872. The molecule has 2 aromatic carbocycles. The van der Waals surface area contributed by atoms with Gasteiger partial charge in [-0.05, 0) is 30.3 Å². The second kappa shape index (κ2) is 8.19. The van der Waals surface area contributed by atoms with E-state index in [-0.39, 0.29) is 43.0 Å². The van der Waals surface area contributed by atoms with Crippen molar-refractivity contribution < 1.29 is 18.4 Å². The molecule has 2 amide bonds. The average molecular weight is 332 g/mol. The molecular weight excluding hydrogens is 314 g/mol. The van der Waals surface area contributed by atoms with E-state index in [9.17, 15) is 18.4 Å². The molecule has 2 rings (SSSR count). The smallest absolute Gasteiger partial charge is 0.226 e. The Morgan fingerprint density at radius 1 is 1.04 bits per heavy atom. The van der Waals surface area contributed by atoms with Crippen LogP contribution in [0, 0.1) is 11.6 Å². The fraction of sp³-hybridized carbons (Fsp3) is 0.222. The molecule has 0 saturated carbocycles. The molecule has 1 N–H and O–H groups in total. The van der Waals surface area contributed by atoms with Gasteiger partial charge in [-0.25, -0.2) is 8.78 Å². The fourth-order valence-electron chi connectivity index (χ4n) is 2.17. The van der Waals surface area contributed by atoms with E-state index in [1.54, 1.807) is 18.2 Å². The lowest BCUT2D eigenvalue weighted by atomic mass is 10.2. The number of hydrogen-bond acceptors (Lipinski definition) is 2. The van der Waals surface area contributed by atoms with Gasteiger partial charge in [0.1, 0.15) is 11.6 Å². The van der Waals surface area contributed by atoms with E-state index >= 15 is 0 Å². The zero-order valence-electron chi connectivity index (χ0n) is 13.3. The zero-order valence-corrected chi connectivity index (χ0v) is 13.3. The predicted octanol–water partition coefficient (Wildman–Crippen LogP) is 3.34. The lowest BCUT2D eigenvalue weighted by Gasteiger charge is -2.21. The first kappa shape index (κ1) is 17.6. The van der Waals surface area contributed by atoms with E-state index in [1.807, 2.05) is 0 Å². The summed E-state index contributed by atoms with van der Waals surface area (Å²) in [5, 5.41) is 2.62. The topological polar surface area (TPSA) is 49.4 Å². The molecule has 6 heteroatoms. The van der Waals surface area contributed by atoms with Crippen molar-refractivity contribution >= 4 is 17.5 Å². The van der Waals surface area contributed by atoms with E-state index in [2.05, 4.69) is 5.32 Å². The van der Waals surface area contributed by atoms with Crippen molar-refractivity contribution in [1.29, 1.82) is 0 Å². The van der Waals surface area contributed by atoms with Gasteiger partial charge in [-0.2, -0.15) is 0 Å². The Labute approximate surface area is 139 Å². The third kappa shape index (κ3) is 5.15. The first-order valence-electron chi connectivity index (χ1n) is 7.50. The molecule has 4 nitrogen and oxygen atoms in total. The van der Waals surface area contributed by atoms with Gasteiger partial charge in [0.05, 0.1) is 0 Å². The molecule has 0 spiro atoms. The molecule has 0 heterocycles. The number of nitrogens with one attached hydrogen (secondary N) is 1. The van der Waals surface area contributed by atoms with Crippen LogP contribution in [-0.4, -0.2) is 23.3 Å². The van der Waals surface area contributed by atoms with E-state index in [0.29, 0.717) is 11.3 Å². The Morgan fingerprint density at radius 2 is 1.71 bits per heavy atom. The molecular formula is C18H18F2N2O2. The second-order valence-electron chi connectivity index (χ2n) is 5.34. The molecule has 0 aliphatic carbocycles. The van der Waals surface area contributed by atoms with Gasteiger partial charge in [0.15, 0.2) is 0 Å². The van der Waals surface area contributed by atoms with Crippen LogP contribution in [0.1, 0.15) is 18.9 Å². The van der Waals surface area contributed by atoms with Gasteiger partial charge in [0.25, 0.3) is 0 Å². The summed E-state index contributed by atoms with van der Waals surface area (Å²) in [5.74, 6) is -1.32. The third-order valence-corrected chi connectivity index (χ3v) is 3.50. The Hall–Kier alpha value is -2.76. The predicted molar refractivity (Wildman–Crippen MR) is 87.1 cm³/mol. The SMILES string of the molecule is CC(=O)N(CCC(=O)Nc1ccc(F)cc1)Cc1ccccc1F. The van der Waals surface area contributed by atoms with Gasteiger partial charge in [0.2, 0.25) is 11.8 Å².